The van der Waals surface area contributed by atoms with Crippen molar-refractivity contribution >= 4 is 0 Å². The Morgan fingerprint density at radius 3 is 3.11 bits per heavy atom. The molecule has 0 bridgehead atoms. The average molecular weight is 128 g/mol. The molecule has 50 valence electrons. The van der Waals surface area contributed by atoms with Gasteiger partial charge in [-0.05, 0) is 6.42 Å². The molecule has 4 nitrogen and oxygen atoms in total. The molecule has 0 amide bonds. The number of nitrogens with zero attached hydrogens (tertiary/aromatic N) is 2. The predicted molar refractivity (Wildman–Crippen MR) is 29.5 cm³/mol. The van der Waals surface area contributed by atoms with Gasteiger partial charge < -0.3 is 9.63 Å². The Morgan fingerprint density at radius 2 is 2.67 bits per heavy atom. The van der Waals surface area contributed by atoms with Crippen molar-refractivity contribution < 1.29 is 9.63 Å². The highest BCUT2D eigenvalue weighted by Gasteiger charge is 2.08. The lowest BCUT2D eigenvalue weighted by Gasteiger charge is -1.97. The Balaban J connectivity index is 2.65. The van der Waals surface area contributed by atoms with Crippen LogP contribution in [-0.4, -0.2) is 15.2 Å². The number of rotatable bonds is 2. The summed E-state index contributed by atoms with van der Waals surface area (Å²) in [7, 11) is 0. The van der Waals surface area contributed by atoms with Gasteiger partial charge in [0.25, 0.3) is 5.89 Å². The summed E-state index contributed by atoms with van der Waals surface area (Å²) in [4.78, 5) is 3.66. The van der Waals surface area contributed by atoms with Gasteiger partial charge in [0.15, 0.2) is 6.33 Å². The van der Waals surface area contributed by atoms with Crippen molar-refractivity contribution in [3.8, 4) is 0 Å². The highest BCUT2D eigenvalue weighted by molar-refractivity contribution is 4.79. The standard InChI is InChI=1S/C5H8N2O2/c1-2-4(8)5-6-3-7-9-5/h3-4,8H,2H2,1H3. The van der Waals surface area contributed by atoms with E-state index in [0.29, 0.717) is 6.42 Å². The van der Waals surface area contributed by atoms with E-state index in [0.717, 1.165) is 0 Å². The fraction of sp³-hybridized carbons (Fsp3) is 0.600. The second-order valence-electron chi connectivity index (χ2n) is 1.70. The normalized spacial score (nSPS) is 13.6. The van der Waals surface area contributed by atoms with Gasteiger partial charge in [0, 0.05) is 0 Å². The lowest BCUT2D eigenvalue weighted by atomic mass is 10.3. The van der Waals surface area contributed by atoms with E-state index in [9.17, 15) is 0 Å². The molecule has 1 aromatic rings. The first-order chi connectivity index (χ1) is 4.34. The van der Waals surface area contributed by atoms with Gasteiger partial charge in [-0.1, -0.05) is 12.1 Å². The minimum atomic E-state index is -0.604. The lowest BCUT2D eigenvalue weighted by molar-refractivity contribution is 0.130. The number of hydrogen-bond donors (Lipinski definition) is 1. The summed E-state index contributed by atoms with van der Waals surface area (Å²) in [5.74, 6) is 0.289. The van der Waals surface area contributed by atoms with Crippen LogP contribution in [-0.2, 0) is 0 Å². The molecule has 0 aliphatic heterocycles. The van der Waals surface area contributed by atoms with Crippen LogP contribution in [0.5, 0.6) is 0 Å². The molecule has 0 aromatic carbocycles. The lowest BCUT2D eigenvalue weighted by Crippen LogP contribution is -1.93. The average Bonchev–Trinajstić information content (AvgIpc) is 2.37. The third-order valence-corrected chi connectivity index (χ3v) is 1.05. The Bertz CT molecular complexity index is 161. The molecular weight excluding hydrogens is 120 g/mol. The van der Waals surface area contributed by atoms with Crippen molar-refractivity contribution in [2.24, 2.45) is 0 Å². The summed E-state index contributed by atoms with van der Waals surface area (Å²) in [6.07, 6.45) is 1.27. The molecule has 0 aliphatic rings. The predicted octanol–water partition coefficient (Wildman–Crippen LogP) is 0.513. The molecule has 0 fully saturated rings. The first-order valence-electron chi connectivity index (χ1n) is 2.79. The molecular formula is C5H8N2O2. The molecule has 0 spiro atoms. The zero-order chi connectivity index (χ0) is 6.69. The number of aromatic nitrogens is 2. The van der Waals surface area contributed by atoms with E-state index in [1.165, 1.54) is 6.33 Å². The van der Waals surface area contributed by atoms with Gasteiger partial charge >= 0.3 is 0 Å². The first-order valence-corrected chi connectivity index (χ1v) is 2.79. The number of aliphatic hydroxyl groups is 1. The van der Waals surface area contributed by atoms with Crippen LogP contribution in [0.3, 0.4) is 0 Å². The highest BCUT2D eigenvalue weighted by Crippen LogP contribution is 2.10. The molecule has 0 radical (unpaired) electrons. The Hall–Kier alpha value is -0.900. The van der Waals surface area contributed by atoms with E-state index >= 15 is 0 Å². The van der Waals surface area contributed by atoms with Crippen molar-refractivity contribution in [3.63, 3.8) is 0 Å². The van der Waals surface area contributed by atoms with Crippen LogP contribution < -0.4 is 0 Å². The van der Waals surface area contributed by atoms with Gasteiger partial charge in [0.05, 0.1) is 0 Å². The van der Waals surface area contributed by atoms with Crippen LogP contribution >= 0.6 is 0 Å². The minimum Gasteiger partial charge on any atom is -0.383 e. The molecule has 1 N–H and O–H groups in total. The first kappa shape index (κ1) is 6.22. The Labute approximate surface area is 52.5 Å². The smallest absolute Gasteiger partial charge is 0.255 e. The van der Waals surface area contributed by atoms with Crippen molar-refractivity contribution in [2.75, 3.05) is 0 Å². The van der Waals surface area contributed by atoms with Crippen LogP contribution in [0.2, 0.25) is 0 Å². The summed E-state index contributed by atoms with van der Waals surface area (Å²) in [6, 6.07) is 0. The Morgan fingerprint density at radius 1 is 1.89 bits per heavy atom. The number of hydrogen-bond acceptors (Lipinski definition) is 4. The summed E-state index contributed by atoms with van der Waals surface area (Å²) in [5, 5.41) is 12.4. The van der Waals surface area contributed by atoms with Crippen LogP contribution in [0.4, 0.5) is 0 Å². The highest BCUT2D eigenvalue weighted by atomic mass is 16.5. The second-order valence-corrected chi connectivity index (χ2v) is 1.70. The fourth-order valence-electron chi connectivity index (χ4n) is 0.503. The van der Waals surface area contributed by atoms with Gasteiger partial charge in [-0.2, -0.15) is 4.98 Å². The summed E-state index contributed by atoms with van der Waals surface area (Å²) in [5.41, 5.74) is 0. The molecule has 4 heteroatoms. The maximum absolute atomic E-state index is 9.02. The van der Waals surface area contributed by atoms with E-state index < -0.39 is 6.10 Å². The molecule has 1 heterocycles. The molecule has 1 aromatic heterocycles. The van der Waals surface area contributed by atoms with Gasteiger partial charge in [0.2, 0.25) is 0 Å². The summed E-state index contributed by atoms with van der Waals surface area (Å²) in [6.45, 7) is 1.84. The van der Waals surface area contributed by atoms with Crippen molar-refractivity contribution in [1.82, 2.24) is 10.1 Å². The van der Waals surface area contributed by atoms with Gasteiger partial charge in [-0.3, -0.25) is 0 Å². The van der Waals surface area contributed by atoms with Crippen molar-refractivity contribution in [1.29, 1.82) is 0 Å². The van der Waals surface area contributed by atoms with E-state index in [1.807, 2.05) is 6.92 Å². The second kappa shape index (κ2) is 2.59. The molecule has 9 heavy (non-hydrogen) atoms. The number of aliphatic hydroxyl groups excluding tert-OH is 1. The quantitative estimate of drug-likeness (QED) is 0.630. The summed E-state index contributed by atoms with van der Waals surface area (Å²) >= 11 is 0. The van der Waals surface area contributed by atoms with E-state index in [1.54, 1.807) is 0 Å². The molecule has 1 unspecified atom stereocenters. The minimum absolute atomic E-state index is 0.289. The maximum atomic E-state index is 9.02. The monoisotopic (exact) mass is 128 g/mol. The third-order valence-electron chi connectivity index (χ3n) is 1.05. The van der Waals surface area contributed by atoms with Crippen molar-refractivity contribution in [3.05, 3.63) is 12.2 Å². The topological polar surface area (TPSA) is 59.2 Å². The zero-order valence-electron chi connectivity index (χ0n) is 5.11. The van der Waals surface area contributed by atoms with Crippen LogP contribution in [0.25, 0.3) is 0 Å². The van der Waals surface area contributed by atoms with Crippen LogP contribution in [0, 0.1) is 0 Å². The van der Waals surface area contributed by atoms with E-state index in [4.69, 9.17) is 5.11 Å². The van der Waals surface area contributed by atoms with Gasteiger partial charge in [-0.25, -0.2) is 0 Å². The van der Waals surface area contributed by atoms with E-state index in [2.05, 4.69) is 14.7 Å². The van der Waals surface area contributed by atoms with Gasteiger partial charge in [0.1, 0.15) is 6.10 Å². The zero-order valence-corrected chi connectivity index (χ0v) is 5.11. The maximum Gasteiger partial charge on any atom is 0.255 e. The van der Waals surface area contributed by atoms with Crippen molar-refractivity contribution in [2.45, 2.75) is 19.4 Å². The molecule has 1 atom stereocenters. The molecule has 0 saturated carbocycles. The molecule has 0 saturated heterocycles. The largest absolute Gasteiger partial charge is 0.383 e. The molecule has 1 rings (SSSR count). The summed E-state index contributed by atoms with van der Waals surface area (Å²) < 4.78 is 4.58. The van der Waals surface area contributed by atoms with E-state index in [-0.39, 0.29) is 5.89 Å². The van der Waals surface area contributed by atoms with Crippen LogP contribution in [0.15, 0.2) is 10.9 Å². The molecule has 0 aliphatic carbocycles. The fourth-order valence-corrected chi connectivity index (χ4v) is 0.503. The SMILES string of the molecule is CCC(O)c1ncno1. The third kappa shape index (κ3) is 1.26. The Kier molecular flexibility index (Phi) is 1.79. The van der Waals surface area contributed by atoms with Crippen LogP contribution in [0.1, 0.15) is 25.3 Å². The van der Waals surface area contributed by atoms with Gasteiger partial charge in [-0.15, -0.1) is 0 Å².